The van der Waals surface area contributed by atoms with Gasteiger partial charge in [0.2, 0.25) is 0 Å². The highest BCUT2D eigenvalue weighted by Crippen LogP contribution is 1.87. The first-order valence-electron chi connectivity index (χ1n) is 4.88. The second kappa shape index (κ2) is 14.3. The molecule has 0 aromatic rings. The fourth-order valence-corrected chi connectivity index (χ4v) is 0.761. The highest BCUT2D eigenvalue weighted by atomic mass is 35.5. The molecule has 3 heteroatoms. The number of halogens is 1. The predicted octanol–water partition coefficient (Wildman–Crippen LogP) is 3.37. The predicted molar refractivity (Wildman–Crippen MR) is 57.2 cm³/mol. The van der Waals surface area contributed by atoms with E-state index in [0.717, 1.165) is 25.1 Å². The van der Waals surface area contributed by atoms with Gasteiger partial charge in [0.1, 0.15) is 0 Å². The zero-order chi connectivity index (χ0) is 10.5. The summed E-state index contributed by atoms with van der Waals surface area (Å²) in [7, 11) is 0. The highest BCUT2D eigenvalue weighted by Gasteiger charge is 1.88. The van der Waals surface area contributed by atoms with E-state index in [-0.39, 0.29) is 5.97 Å². The van der Waals surface area contributed by atoms with E-state index in [2.05, 4.69) is 18.6 Å². The fraction of sp³-hybridized carbons (Fsp3) is 0.900. The van der Waals surface area contributed by atoms with E-state index in [1.807, 2.05) is 0 Å². The summed E-state index contributed by atoms with van der Waals surface area (Å²) >= 11 is 5.30. The molecule has 0 saturated carbocycles. The van der Waals surface area contributed by atoms with E-state index < -0.39 is 0 Å². The maximum atomic E-state index is 10.1. The third-order valence-corrected chi connectivity index (χ3v) is 1.56. The van der Waals surface area contributed by atoms with Crippen molar-refractivity contribution in [2.24, 2.45) is 0 Å². The molecule has 0 aromatic carbocycles. The van der Waals surface area contributed by atoms with Gasteiger partial charge < -0.3 is 4.74 Å². The molecule has 0 aromatic heterocycles. The minimum Gasteiger partial charge on any atom is -0.466 e. The van der Waals surface area contributed by atoms with Crippen LogP contribution < -0.4 is 0 Å². The van der Waals surface area contributed by atoms with Gasteiger partial charge in [-0.15, -0.1) is 11.6 Å². The lowest BCUT2D eigenvalue weighted by Gasteiger charge is -1.96. The van der Waals surface area contributed by atoms with Crippen LogP contribution in [-0.2, 0) is 9.53 Å². The van der Waals surface area contributed by atoms with Crippen molar-refractivity contribution in [1.29, 1.82) is 0 Å². The normalized spacial score (nSPS) is 8.62. The molecular formula is C10H21ClO2. The zero-order valence-corrected chi connectivity index (χ0v) is 9.69. The Hall–Kier alpha value is -0.240. The summed E-state index contributed by atoms with van der Waals surface area (Å²) < 4.78 is 4.64. The summed E-state index contributed by atoms with van der Waals surface area (Å²) in [6.45, 7) is 6.19. The molecule has 0 saturated heterocycles. The van der Waals surface area contributed by atoms with Gasteiger partial charge in [0, 0.05) is 12.8 Å². The second-order valence-electron chi connectivity index (χ2n) is 2.74. The molecule has 0 N–H and O–H groups in total. The van der Waals surface area contributed by atoms with Crippen LogP contribution >= 0.6 is 11.6 Å². The van der Waals surface area contributed by atoms with Crippen molar-refractivity contribution in [3.63, 3.8) is 0 Å². The minimum absolute atomic E-state index is 0.182. The van der Waals surface area contributed by atoms with Gasteiger partial charge in [-0.05, 0) is 12.8 Å². The first-order chi connectivity index (χ1) is 6.18. The number of rotatable bonds is 5. The Morgan fingerprint density at radius 3 is 2.00 bits per heavy atom. The van der Waals surface area contributed by atoms with Crippen molar-refractivity contribution in [2.45, 2.75) is 46.5 Å². The molecule has 0 atom stereocenters. The molecule has 80 valence electrons. The van der Waals surface area contributed by atoms with Gasteiger partial charge >= 0.3 is 5.97 Å². The Morgan fingerprint density at radius 2 is 1.77 bits per heavy atom. The van der Waals surface area contributed by atoms with Crippen LogP contribution in [0.3, 0.4) is 0 Å². The van der Waals surface area contributed by atoms with Crippen LogP contribution in [-0.4, -0.2) is 18.5 Å². The molecule has 0 heterocycles. The maximum absolute atomic E-state index is 10.1. The van der Waals surface area contributed by atoms with Crippen LogP contribution in [0, 0.1) is 0 Å². The molecule has 0 amide bonds. The third kappa shape index (κ3) is 24.5. The number of hydrogen-bond acceptors (Lipinski definition) is 2. The van der Waals surface area contributed by atoms with Crippen molar-refractivity contribution < 1.29 is 9.53 Å². The van der Waals surface area contributed by atoms with Crippen LogP contribution in [0.4, 0.5) is 0 Å². The van der Waals surface area contributed by atoms with E-state index in [1.165, 1.54) is 13.3 Å². The van der Waals surface area contributed by atoms with E-state index in [1.54, 1.807) is 0 Å². The highest BCUT2D eigenvalue weighted by molar-refractivity contribution is 6.17. The topological polar surface area (TPSA) is 26.3 Å². The summed E-state index contributed by atoms with van der Waals surface area (Å²) in [6.07, 6.45) is 4.41. The Bertz CT molecular complexity index is 103. The molecule has 0 aliphatic heterocycles. The van der Waals surface area contributed by atoms with E-state index in [0.29, 0.717) is 6.61 Å². The Morgan fingerprint density at radius 1 is 1.23 bits per heavy atom. The molecule has 0 bridgehead atoms. The molecule has 0 aliphatic rings. The molecule has 0 fully saturated rings. The lowest BCUT2D eigenvalue weighted by atomic mass is 10.4. The zero-order valence-electron chi connectivity index (χ0n) is 8.94. The number of ether oxygens (including phenoxy) is 1. The SMILES string of the molecule is CCCCCl.CCCCOC(C)=O. The summed E-state index contributed by atoms with van der Waals surface area (Å²) in [5.41, 5.74) is 0. The minimum atomic E-state index is -0.182. The van der Waals surface area contributed by atoms with Gasteiger partial charge in [-0.25, -0.2) is 0 Å². The van der Waals surface area contributed by atoms with Crippen molar-refractivity contribution in [3.8, 4) is 0 Å². The first kappa shape index (κ1) is 15.2. The van der Waals surface area contributed by atoms with E-state index in [9.17, 15) is 4.79 Å². The van der Waals surface area contributed by atoms with Crippen LogP contribution in [0.2, 0.25) is 0 Å². The largest absolute Gasteiger partial charge is 0.466 e. The molecule has 2 nitrogen and oxygen atoms in total. The van der Waals surface area contributed by atoms with Crippen molar-refractivity contribution in [1.82, 2.24) is 0 Å². The van der Waals surface area contributed by atoms with E-state index in [4.69, 9.17) is 11.6 Å². The quantitative estimate of drug-likeness (QED) is 0.393. The lowest BCUT2D eigenvalue weighted by Crippen LogP contribution is -1.99. The number of unbranched alkanes of at least 4 members (excludes halogenated alkanes) is 2. The Balaban J connectivity index is 0. The Kier molecular flexibility index (Phi) is 16.8. The summed E-state index contributed by atoms with van der Waals surface area (Å²) in [5.74, 6) is 0.634. The average Bonchev–Trinajstić information content (AvgIpc) is 2.07. The summed E-state index contributed by atoms with van der Waals surface area (Å²) in [5, 5.41) is 0. The van der Waals surface area contributed by atoms with Crippen LogP contribution in [0.1, 0.15) is 46.5 Å². The van der Waals surface area contributed by atoms with Gasteiger partial charge in [0.05, 0.1) is 6.61 Å². The lowest BCUT2D eigenvalue weighted by molar-refractivity contribution is -0.141. The monoisotopic (exact) mass is 208 g/mol. The average molecular weight is 209 g/mol. The number of hydrogen-bond donors (Lipinski definition) is 0. The van der Waals surface area contributed by atoms with Crippen molar-refractivity contribution >= 4 is 17.6 Å². The van der Waals surface area contributed by atoms with Crippen LogP contribution in [0.5, 0.6) is 0 Å². The van der Waals surface area contributed by atoms with Gasteiger partial charge in [-0.2, -0.15) is 0 Å². The third-order valence-electron chi connectivity index (χ3n) is 1.29. The van der Waals surface area contributed by atoms with Crippen LogP contribution in [0.15, 0.2) is 0 Å². The molecule has 0 rings (SSSR count). The van der Waals surface area contributed by atoms with Gasteiger partial charge in [-0.3, -0.25) is 4.79 Å². The second-order valence-corrected chi connectivity index (χ2v) is 3.11. The fourth-order valence-electron chi connectivity index (χ4n) is 0.494. The number of alkyl halides is 1. The van der Waals surface area contributed by atoms with E-state index >= 15 is 0 Å². The Labute approximate surface area is 86.6 Å². The molecule has 13 heavy (non-hydrogen) atoms. The first-order valence-corrected chi connectivity index (χ1v) is 5.41. The van der Waals surface area contributed by atoms with Gasteiger partial charge in [0.15, 0.2) is 0 Å². The van der Waals surface area contributed by atoms with Crippen molar-refractivity contribution in [2.75, 3.05) is 12.5 Å². The number of carbonyl (C=O) groups excluding carboxylic acids is 1. The molecule has 0 aliphatic carbocycles. The molecule has 0 unspecified atom stereocenters. The molecular weight excluding hydrogens is 188 g/mol. The van der Waals surface area contributed by atoms with Crippen molar-refractivity contribution in [3.05, 3.63) is 0 Å². The molecule has 0 radical (unpaired) electrons. The van der Waals surface area contributed by atoms with Gasteiger partial charge in [0.25, 0.3) is 0 Å². The number of esters is 1. The molecule has 0 spiro atoms. The van der Waals surface area contributed by atoms with Crippen LogP contribution in [0.25, 0.3) is 0 Å². The number of carbonyl (C=O) groups is 1. The maximum Gasteiger partial charge on any atom is 0.302 e. The summed E-state index contributed by atoms with van der Waals surface area (Å²) in [4.78, 5) is 10.1. The van der Waals surface area contributed by atoms with Gasteiger partial charge in [-0.1, -0.05) is 26.7 Å². The smallest absolute Gasteiger partial charge is 0.302 e. The summed E-state index contributed by atoms with van der Waals surface area (Å²) in [6, 6.07) is 0. The standard InChI is InChI=1S/C6H12O2.C4H9Cl/c1-3-4-5-8-6(2)7;1-2-3-4-5/h3-5H2,1-2H3;2-4H2,1H3.